The first-order valence-electron chi connectivity index (χ1n) is 5.82. The Morgan fingerprint density at radius 2 is 2.05 bits per heavy atom. The van der Waals surface area contributed by atoms with Gasteiger partial charge in [0.05, 0.1) is 11.3 Å². The van der Waals surface area contributed by atoms with E-state index in [0.717, 1.165) is 0 Å². The first kappa shape index (κ1) is 13.2. The molecular weight excluding hydrogens is 296 g/mol. The van der Waals surface area contributed by atoms with Crippen LogP contribution in [0.5, 0.6) is 5.88 Å². The van der Waals surface area contributed by atoms with Crippen molar-refractivity contribution in [2.24, 2.45) is 10.2 Å². The molecule has 0 amide bonds. The number of carbonyl (C=O) groups is 1. The molecule has 0 saturated heterocycles. The number of fused-ring (bicyclic) bond motifs is 1. The van der Waals surface area contributed by atoms with E-state index >= 15 is 0 Å². The van der Waals surface area contributed by atoms with E-state index in [-0.39, 0.29) is 23.0 Å². The van der Waals surface area contributed by atoms with E-state index in [1.807, 2.05) is 0 Å². The van der Waals surface area contributed by atoms with E-state index in [1.165, 1.54) is 0 Å². The largest absolute Gasteiger partial charge is 0.493 e. The third kappa shape index (κ3) is 2.46. The van der Waals surface area contributed by atoms with E-state index in [0.29, 0.717) is 16.8 Å². The third-order valence-corrected chi connectivity index (χ3v) is 3.04. The molecule has 0 unspecified atom stereocenters. The van der Waals surface area contributed by atoms with Crippen molar-refractivity contribution in [2.45, 2.75) is 6.61 Å². The summed E-state index contributed by atoms with van der Waals surface area (Å²) in [5, 5.41) is 17.1. The Labute approximate surface area is 122 Å². The normalized spacial score (nSPS) is 13.4. The van der Waals surface area contributed by atoms with Crippen LogP contribution in [0.3, 0.4) is 0 Å². The van der Waals surface area contributed by atoms with Crippen molar-refractivity contribution in [2.75, 3.05) is 0 Å². The molecular formula is C12H8N4O4S. The van der Waals surface area contributed by atoms with Gasteiger partial charge in [-0.3, -0.25) is 9.78 Å². The van der Waals surface area contributed by atoms with Crippen LogP contribution < -0.4 is 5.56 Å². The first-order valence-corrected chi connectivity index (χ1v) is 6.23. The van der Waals surface area contributed by atoms with Crippen molar-refractivity contribution >= 4 is 29.6 Å². The Hall–Kier alpha value is -2.81. The summed E-state index contributed by atoms with van der Waals surface area (Å²) in [6.45, 7) is 0.182. The quantitative estimate of drug-likeness (QED) is 0.446. The number of nitrogens with one attached hydrogen (secondary N) is 2. The van der Waals surface area contributed by atoms with Crippen molar-refractivity contribution < 1.29 is 14.6 Å². The number of aromatic amines is 2. The molecule has 1 aliphatic rings. The van der Waals surface area contributed by atoms with Gasteiger partial charge in [-0.15, -0.1) is 5.11 Å². The maximum atomic E-state index is 11.6. The van der Waals surface area contributed by atoms with Crippen LogP contribution in [0.1, 0.15) is 15.9 Å². The second-order valence-corrected chi connectivity index (χ2v) is 4.63. The zero-order valence-corrected chi connectivity index (χ0v) is 11.2. The fourth-order valence-electron chi connectivity index (χ4n) is 1.85. The number of aromatic hydroxyl groups is 1. The number of nitrogens with zero attached hydrogens (tertiary/aromatic N) is 2. The molecule has 21 heavy (non-hydrogen) atoms. The van der Waals surface area contributed by atoms with Gasteiger partial charge in [0.1, 0.15) is 6.61 Å². The van der Waals surface area contributed by atoms with Crippen LogP contribution in [0.2, 0.25) is 0 Å². The highest BCUT2D eigenvalue weighted by Gasteiger charge is 2.20. The van der Waals surface area contributed by atoms with Gasteiger partial charge in [0, 0.05) is 5.56 Å². The van der Waals surface area contributed by atoms with Gasteiger partial charge in [0.25, 0.3) is 5.56 Å². The Bertz CT molecular complexity index is 884. The smallest absolute Gasteiger partial charge is 0.338 e. The number of rotatable bonds is 2. The molecule has 0 bridgehead atoms. The summed E-state index contributed by atoms with van der Waals surface area (Å²) in [6, 6.07) is 4.76. The number of carbonyl (C=O) groups excluding carboxylic acids is 1. The van der Waals surface area contributed by atoms with Crippen LogP contribution in [0.15, 0.2) is 33.2 Å². The molecule has 3 N–H and O–H groups in total. The second-order valence-electron chi connectivity index (χ2n) is 4.22. The number of H-pyrrole nitrogens is 2. The number of azo groups is 1. The Balaban J connectivity index is 1.96. The minimum atomic E-state index is -0.653. The van der Waals surface area contributed by atoms with Crippen LogP contribution in [0.25, 0.3) is 0 Å². The van der Waals surface area contributed by atoms with E-state index in [1.54, 1.807) is 18.2 Å². The number of aromatic nitrogens is 2. The first-order chi connectivity index (χ1) is 10.0. The van der Waals surface area contributed by atoms with Gasteiger partial charge >= 0.3 is 5.97 Å². The van der Waals surface area contributed by atoms with E-state index in [2.05, 4.69) is 20.2 Å². The highest BCUT2D eigenvalue weighted by molar-refractivity contribution is 7.71. The lowest BCUT2D eigenvalue weighted by molar-refractivity contribution is 0.0535. The average molecular weight is 304 g/mol. The van der Waals surface area contributed by atoms with Gasteiger partial charge in [0.2, 0.25) is 11.6 Å². The third-order valence-electron chi connectivity index (χ3n) is 2.83. The van der Waals surface area contributed by atoms with Crippen LogP contribution in [-0.2, 0) is 11.3 Å². The van der Waals surface area contributed by atoms with Gasteiger partial charge in [-0.25, -0.2) is 4.79 Å². The zero-order chi connectivity index (χ0) is 15.0. The van der Waals surface area contributed by atoms with Crippen LogP contribution >= 0.6 is 12.2 Å². The van der Waals surface area contributed by atoms with Gasteiger partial charge in [0.15, 0.2) is 4.77 Å². The van der Waals surface area contributed by atoms with Crippen molar-refractivity contribution in [1.82, 2.24) is 9.97 Å². The minimum Gasteiger partial charge on any atom is -0.493 e. The highest BCUT2D eigenvalue weighted by atomic mass is 32.1. The SMILES string of the molecule is O=C1OCc2cc(N=Nc3c(O)[nH]c(=S)[nH]c3=O)ccc21. The maximum absolute atomic E-state index is 11.6. The molecule has 3 rings (SSSR count). The molecule has 0 radical (unpaired) electrons. The van der Waals surface area contributed by atoms with Crippen molar-refractivity contribution in [3.63, 3.8) is 0 Å². The lowest BCUT2D eigenvalue weighted by Gasteiger charge is -1.98. The predicted octanol–water partition coefficient (Wildman–Crippen LogP) is 2.22. The van der Waals surface area contributed by atoms with Gasteiger partial charge in [-0.05, 0) is 30.4 Å². The molecule has 0 atom stereocenters. The molecule has 2 heterocycles. The molecule has 0 aliphatic carbocycles. The summed E-state index contributed by atoms with van der Waals surface area (Å²) < 4.78 is 4.86. The van der Waals surface area contributed by atoms with Crippen LogP contribution in [0.4, 0.5) is 11.4 Å². The number of esters is 1. The van der Waals surface area contributed by atoms with Gasteiger partial charge in [-0.2, -0.15) is 5.11 Å². The molecule has 8 nitrogen and oxygen atoms in total. The molecule has 2 aromatic rings. The van der Waals surface area contributed by atoms with Gasteiger partial charge < -0.3 is 14.8 Å². The topological polar surface area (TPSA) is 120 Å². The fraction of sp³-hybridized carbons (Fsp3) is 0.0833. The summed E-state index contributed by atoms with van der Waals surface area (Å²) in [5.41, 5.74) is 0.671. The fourth-order valence-corrected chi connectivity index (χ4v) is 2.04. The minimum absolute atomic E-state index is 0.00959. The monoisotopic (exact) mass is 304 g/mol. The molecule has 0 fully saturated rings. The predicted molar refractivity (Wildman–Crippen MR) is 73.6 cm³/mol. The second kappa shape index (κ2) is 4.94. The lowest BCUT2D eigenvalue weighted by Crippen LogP contribution is -2.06. The molecule has 106 valence electrons. The van der Waals surface area contributed by atoms with E-state index in [4.69, 9.17) is 17.0 Å². The van der Waals surface area contributed by atoms with Crippen LogP contribution in [0, 0.1) is 4.77 Å². The Morgan fingerprint density at radius 3 is 2.81 bits per heavy atom. The van der Waals surface area contributed by atoms with E-state index in [9.17, 15) is 14.7 Å². The number of hydrogen-bond donors (Lipinski definition) is 3. The van der Waals surface area contributed by atoms with Crippen molar-refractivity contribution in [3.8, 4) is 5.88 Å². The molecule has 1 aromatic heterocycles. The number of benzene rings is 1. The number of ether oxygens (including phenoxy) is 1. The summed E-state index contributed by atoms with van der Waals surface area (Å²) >= 11 is 4.70. The number of cyclic esters (lactones) is 1. The summed E-state index contributed by atoms with van der Waals surface area (Å²) in [4.78, 5) is 27.5. The molecule has 1 aromatic carbocycles. The maximum Gasteiger partial charge on any atom is 0.338 e. The molecule has 9 heteroatoms. The average Bonchev–Trinajstić information content (AvgIpc) is 2.79. The highest BCUT2D eigenvalue weighted by Crippen LogP contribution is 2.26. The van der Waals surface area contributed by atoms with E-state index < -0.39 is 11.4 Å². The molecule has 0 saturated carbocycles. The standard InChI is InChI=1S/C12H8N4O4S/c17-9-8(10(18)14-12(21)13-9)16-15-6-1-2-7-5(3-6)4-20-11(7)19/h1-3H,4H2,(H3,13,14,17,18,21). The van der Waals surface area contributed by atoms with Gasteiger partial charge in [-0.1, -0.05) is 0 Å². The molecule has 1 aliphatic heterocycles. The van der Waals surface area contributed by atoms with Crippen LogP contribution in [-0.4, -0.2) is 21.0 Å². The Kier molecular flexibility index (Phi) is 3.10. The molecule has 0 spiro atoms. The van der Waals surface area contributed by atoms with Crippen molar-refractivity contribution in [3.05, 3.63) is 44.5 Å². The lowest BCUT2D eigenvalue weighted by atomic mass is 10.1. The van der Waals surface area contributed by atoms with Crippen molar-refractivity contribution in [1.29, 1.82) is 0 Å². The summed E-state index contributed by atoms with van der Waals surface area (Å²) in [6.07, 6.45) is 0. The summed E-state index contributed by atoms with van der Waals surface area (Å²) in [7, 11) is 0. The Morgan fingerprint density at radius 1 is 1.24 bits per heavy atom. The zero-order valence-electron chi connectivity index (χ0n) is 10.4. The number of hydrogen-bond acceptors (Lipinski definition) is 7. The summed E-state index contributed by atoms with van der Waals surface area (Å²) in [5.74, 6) is -0.842.